The van der Waals surface area contributed by atoms with E-state index in [0.717, 1.165) is 11.5 Å². The summed E-state index contributed by atoms with van der Waals surface area (Å²) in [6.45, 7) is 6.00. The van der Waals surface area contributed by atoms with Crippen molar-refractivity contribution in [2.75, 3.05) is 11.5 Å². The normalized spacial score (nSPS) is 11.9. The molecular weight excluding hydrogens is 289 g/mol. The lowest BCUT2D eigenvalue weighted by molar-refractivity contribution is -0.0886. The molecule has 3 nitrogen and oxygen atoms in total. The molecule has 7 heteroatoms. The number of hydrogen-bond donors (Lipinski definition) is 0. The first kappa shape index (κ1) is 17.1. The number of carbonyl (C=O) groups is 1. The third-order valence-electron chi connectivity index (χ3n) is 2.94. The summed E-state index contributed by atoms with van der Waals surface area (Å²) < 4.78 is 39.6. The van der Waals surface area contributed by atoms with Crippen molar-refractivity contribution in [3.05, 3.63) is 17.0 Å². The minimum atomic E-state index is -4.85. The summed E-state index contributed by atoms with van der Waals surface area (Å²) in [6.07, 6.45) is -4.17. The first-order valence-electron chi connectivity index (χ1n) is 6.64. The highest BCUT2D eigenvalue weighted by Gasteiger charge is 2.42. The maximum atomic E-state index is 12.7. The van der Waals surface area contributed by atoms with Crippen LogP contribution in [0.3, 0.4) is 0 Å². The second-order valence-corrected chi connectivity index (χ2v) is 5.62. The van der Waals surface area contributed by atoms with Gasteiger partial charge in [0.15, 0.2) is 0 Å². The van der Waals surface area contributed by atoms with Gasteiger partial charge in [-0.3, -0.25) is 9.48 Å². The van der Waals surface area contributed by atoms with Gasteiger partial charge in [0.2, 0.25) is 0 Å². The number of rotatable bonds is 7. The summed E-state index contributed by atoms with van der Waals surface area (Å²) in [4.78, 5) is 11.6. The third kappa shape index (κ3) is 3.77. The summed E-state index contributed by atoms with van der Waals surface area (Å²) >= 11 is 1.69. The molecule has 0 bridgehead atoms. The molecule has 0 aromatic carbocycles. The average Bonchev–Trinajstić information content (AvgIpc) is 2.74. The molecule has 1 rings (SSSR count). The van der Waals surface area contributed by atoms with Crippen molar-refractivity contribution in [2.24, 2.45) is 0 Å². The fourth-order valence-corrected chi connectivity index (χ4v) is 2.63. The Morgan fingerprint density at radius 2 is 1.90 bits per heavy atom. The molecule has 20 heavy (non-hydrogen) atoms. The van der Waals surface area contributed by atoms with Crippen LogP contribution in [0.4, 0.5) is 13.2 Å². The Kier molecular flexibility index (Phi) is 6.10. The van der Waals surface area contributed by atoms with Crippen LogP contribution >= 0.6 is 11.8 Å². The molecule has 0 aliphatic heterocycles. The van der Waals surface area contributed by atoms with Gasteiger partial charge in [0, 0.05) is 11.4 Å². The molecule has 0 fully saturated rings. The fourth-order valence-electron chi connectivity index (χ4n) is 2.04. The number of alkyl halides is 3. The van der Waals surface area contributed by atoms with E-state index in [-0.39, 0.29) is 11.3 Å². The number of Topliss-reactive ketones (excluding diaryl/α,β-unsaturated/α-hetero) is 1. The Hall–Kier alpha value is -0.980. The van der Waals surface area contributed by atoms with Crippen LogP contribution in [0.5, 0.6) is 0 Å². The first-order chi connectivity index (χ1) is 9.36. The van der Waals surface area contributed by atoms with Crippen molar-refractivity contribution in [3.8, 4) is 0 Å². The van der Waals surface area contributed by atoms with E-state index in [1.54, 1.807) is 30.3 Å². The Morgan fingerprint density at radius 3 is 2.35 bits per heavy atom. The molecule has 1 aromatic rings. The first-order valence-corrected chi connectivity index (χ1v) is 7.79. The Morgan fingerprint density at radius 1 is 1.25 bits per heavy atom. The number of nitrogens with zero attached hydrogens (tertiary/aromatic N) is 2. The molecule has 1 aromatic heterocycles. The van der Waals surface area contributed by atoms with E-state index >= 15 is 0 Å². The second-order valence-electron chi connectivity index (χ2n) is 4.22. The van der Waals surface area contributed by atoms with Crippen LogP contribution in [-0.4, -0.2) is 33.2 Å². The number of aromatic nitrogens is 2. The van der Waals surface area contributed by atoms with Crippen molar-refractivity contribution < 1.29 is 18.0 Å². The Bertz CT molecular complexity index is 469. The molecule has 0 radical (unpaired) electrons. The summed E-state index contributed by atoms with van der Waals surface area (Å²) in [5.74, 6) is -0.0633. The maximum Gasteiger partial charge on any atom is 0.455 e. The summed E-state index contributed by atoms with van der Waals surface area (Å²) in [6, 6.07) is 0. The average molecular weight is 308 g/mol. The molecule has 0 aliphatic rings. The summed E-state index contributed by atoms with van der Waals surface area (Å²) in [5.41, 5.74) is 0.385. The molecule has 114 valence electrons. The molecule has 0 aliphatic carbocycles. The number of carbonyl (C=O) groups excluding carboxylic acids is 1. The number of aryl methyl sites for hydroxylation is 2. The van der Waals surface area contributed by atoms with Crippen LogP contribution in [0.2, 0.25) is 0 Å². The van der Waals surface area contributed by atoms with Crippen molar-refractivity contribution in [1.29, 1.82) is 0 Å². The van der Waals surface area contributed by atoms with Gasteiger partial charge in [-0.05, 0) is 18.6 Å². The molecule has 0 unspecified atom stereocenters. The number of thioether (sulfide) groups is 1. The standard InChI is InChI=1S/C13H19F3N2OS/c1-4-9-11(12(19)13(14,15)16)10(5-2)18(17-9)7-8-20-6-3/h4-8H2,1-3H3. The third-order valence-corrected chi connectivity index (χ3v) is 3.82. The van der Waals surface area contributed by atoms with Gasteiger partial charge >= 0.3 is 6.18 Å². The second kappa shape index (κ2) is 7.15. The molecule has 0 spiro atoms. The monoisotopic (exact) mass is 308 g/mol. The molecule has 1 heterocycles. The lowest BCUT2D eigenvalue weighted by atomic mass is 10.0. The molecular formula is C13H19F3N2OS. The van der Waals surface area contributed by atoms with E-state index in [1.807, 2.05) is 6.92 Å². The lowest BCUT2D eigenvalue weighted by Gasteiger charge is -2.08. The van der Waals surface area contributed by atoms with Gasteiger partial charge in [-0.25, -0.2) is 0 Å². The minimum Gasteiger partial charge on any atom is -0.284 e. The zero-order valence-electron chi connectivity index (χ0n) is 11.9. The van der Waals surface area contributed by atoms with Crippen LogP contribution in [0.15, 0.2) is 0 Å². The minimum absolute atomic E-state index is 0.241. The van der Waals surface area contributed by atoms with Gasteiger partial charge in [0.05, 0.1) is 17.8 Å². The van der Waals surface area contributed by atoms with Crippen LogP contribution in [-0.2, 0) is 19.4 Å². The molecule has 0 atom stereocenters. The molecule has 0 amide bonds. The SMILES string of the molecule is CCSCCn1nc(CC)c(C(=O)C(F)(F)F)c1CC. The van der Waals surface area contributed by atoms with E-state index in [2.05, 4.69) is 5.10 Å². The molecule has 0 saturated carbocycles. The van der Waals surface area contributed by atoms with Gasteiger partial charge in [-0.2, -0.15) is 30.0 Å². The van der Waals surface area contributed by atoms with Crippen molar-refractivity contribution >= 4 is 17.5 Å². The maximum absolute atomic E-state index is 12.7. The number of ketones is 1. The summed E-state index contributed by atoms with van der Waals surface area (Å²) in [5, 5.41) is 4.19. The van der Waals surface area contributed by atoms with E-state index in [4.69, 9.17) is 0 Å². The number of halogens is 3. The van der Waals surface area contributed by atoms with Crippen LogP contribution < -0.4 is 0 Å². The number of hydrogen-bond acceptors (Lipinski definition) is 3. The smallest absolute Gasteiger partial charge is 0.284 e. The Balaban J connectivity index is 3.18. The van der Waals surface area contributed by atoms with Gasteiger partial charge in [-0.1, -0.05) is 20.8 Å². The van der Waals surface area contributed by atoms with E-state index in [0.29, 0.717) is 25.1 Å². The zero-order valence-corrected chi connectivity index (χ0v) is 12.7. The van der Waals surface area contributed by atoms with Crippen molar-refractivity contribution in [3.63, 3.8) is 0 Å². The zero-order chi connectivity index (χ0) is 15.3. The highest BCUT2D eigenvalue weighted by atomic mass is 32.2. The quantitative estimate of drug-likeness (QED) is 0.571. The predicted molar refractivity (Wildman–Crippen MR) is 74.4 cm³/mol. The van der Waals surface area contributed by atoms with Crippen molar-refractivity contribution in [1.82, 2.24) is 9.78 Å². The Labute approximate surface area is 120 Å². The highest BCUT2D eigenvalue weighted by Crippen LogP contribution is 2.27. The lowest BCUT2D eigenvalue weighted by Crippen LogP contribution is -2.25. The van der Waals surface area contributed by atoms with Gasteiger partial charge < -0.3 is 0 Å². The molecule has 0 N–H and O–H groups in total. The topological polar surface area (TPSA) is 34.9 Å². The van der Waals surface area contributed by atoms with Crippen LogP contribution in [0.25, 0.3) is 0 Å². The van der Waals surface area contributed by atoms with Gasteiger partial charge in [-0.15, -0.1) is 0 Å². The highest BCUT2D eigenvalue weighted by molar-refractivity contribution is 7.99. The van der Waals surface area contributed by atoms with E-state index in [9.17, 15) is 18.0 Å². The van der Waals surface area contributed by atoms with Gasteiger partial charge in [0.1, 0.15) is 0 Å². The largest absolute Gasteiger partial charge is 0.455 e. The predicted octanol–water partition coefficient (Wildman–Crippen LogP) is 3.51. The fraction of sp³-hybridized carbons (Fsp3) is 0.692. The van der Waals surface area contributed by atoms with E-state index < -0.39 is 12.0 Å². The van der Waals surface area contributed by atoms with Gasteiger partial charge in [0.25, 0.3) is 5.78 Å². The van der Waals surface area contributed by atoms with Crippen LogP contribution in [0.1, 0.15) is 42.5 Å². The summed E-state index contributed by atoms with van der Waals surface area (Å²) in [7, 11) is 0. The van der Waals surface area contributed by atoms with E-state index in [1.165, 1.54) is 0 Å². The molecule has 0 saturated heterocycles. The van der Waals surface area contributed by atoms with Crippen molar-refractivity contribution in [2.45, 2.75) is 46.3 Å². The van der Waals surface area contributed by atoms with Crippen LogP contribution in [0, 0.1) is 0 Å².